The van der Waals surface area contributed by atoms with Crippen molar-refractivity contribution < 1.29 is 37.1 Å². The number of rotatable bonds is 13. The Bertz CT molecular complexity index is 1700. The first kappa shape index (κ1) is 34.1. The van der Waals surface area contributed by atoms with Crippen LogP contribution in [0.4, 0.5) is 4.79 Å². The van der Waals surface area contributed by atoms with E-state index in [1.807, 2.05) is 37.3 Å². The summed E-state index contributed by atoms with van der Waals surface area (Å²) >= 11 is 0. The number of Topliss-reactive ketones (excluding diaryl/α,β-unsaturated/α-hetero) is 1. The fraction of sp³-hybridized carbons (Fsp3) is 0.314. The van der Waals surface area contributed by atoms with Crippen molar-refractivity contribution in [2.24, 2.45) is 5.92 Å². The molecular formula is C35H38N2O8S. The predicted molar refractivity (Wildman–Crippen MR) is 172 cm³/mol. The van der Waals surface area contributed by atoms with Gasteiger partial charge in [0, 0.05) is 17.6 Å². The summed E-state index contributed by atoms with van der Waals surface area (Å²) in [7, 11) is -4.21. The van der Waals surface area contributed by atoms with Gasteiger partial charge in [0.05, 0.1) is 16.4 Å². The van der Waals surface area contributed by atoms with Crippen LogP contribution in [0.2, 0.25) is 0 Å². The minimum atomic E-state index is -4.21. The van der Waals surface area contributed by atoms with E-state index in [9.17, 15) is 27.6 Å². The number of hydrogen-bond acceptors (Lipinski definition) is 8. The minimum absolute atomic E-state index is 0.0318. The number of allylic oxidation sites excluding steroid dienone is 1. The number of amides is 2. The van der Waals surface area contributed by atoms with Crippen molar-refractivity contribution in [3.05, 3.63) is 107 Å². The molecule has 0 spiro atoms. The number of hydrogen-bond donors (Lipinski definition) is 2. The number of alkyl carbamates (subject to hydrolysis) is 1. The molecule has 46 heavy (non-hydrogen) atoms. The molecule has 4 rings (SSSR count). The van der Waals surface area contributed by atoms with Gasteiger partial charge in [-0.3, -0.25) is 9.59 Å². The van der Waals surface area contributed by atoms with Gasteiger partial charge >= 0.3 is 12.1 Å². The molecule has 1 aliphatic heterocycles. The van der Waals surface area contributed by atoms with Gasteiger partial charge in [-0.15, -0.1) is 0 Å². The van der Waals surface area contributed by atoms with E-state index in [0.29, 0.717) is 12.0 Å². The van der Waals surface area contributed by atoms with Gasteiger partial charge in [0.1, 0.15) is 18.7 Å². The number of nitrogens with one attached hydrogen (secondary N) is 2. The van der Waals surface area contributed by atoms with Crippen LogP contribution < -0.4 is 10.6 Å². The van der Waals surface area contributed by atoms with E-state index in [2.05, 4.69) is 10.6 Å². The third-order valence-corrected chi connectivity index (χ3v) is 9.40. The quantitative estimate of drug-likeness (QED) is 0.197. The second kappa shape index (κ2) is 15.5. The number of benzene rings is 3. The van der Waals surface area contributed by atoms with Gasteiger partial charge in [-0.2, -0.15) is 0 Å². The standard InChI is InChI=1S/C35H38N2O8S/c1-4-5-20-44-34(40)27(21-24-14-8-6-9-15-24)36-33(39)31(23(2)3)37-35(41)45-22-29-30(25-16-10-7-11-17-25)32(38)26-18-12-13-19-28(26)46(29,42)43/h6-19,23,27,31H,4-5,20-22H2,1-3H3,(H,36,39)(H,37,41)/t27-,31-/m0/s1. The third kappa shape index (κ3) is 8.08. The van der Waals surface area contributed by atoms with E-state index in [4.69, 9.17) is 9.47 Å². The van der Waals surface area contributed by atoms with Crippen LogP contribution in [0.3, 0.4) is 0 Å². The van der Waals surface area contributed by atoms with Crippen LogP contribution in [0.25, 0.3) is 5.57 Å². The molecule has 0 fully saturated rings. The fourth-order valence-corrected chi connectivity index (χ4v) is 6.69. The molecule has 0 radical (unpaired) electrons. The Labute approximate surface area is 269 Å². The molecule has 1 aliphatic rings. The molecule has 3 aromatic rings. The van der Waals surface area contributed by atoms with Gasteiger partial charge in [-0.25, -0.2) is 18.0 Å². The van der Waals surface area contributed by atoms with E-state index < -0.39 is 58.2 Å². The second-order valence-electron chi connectivity index (χ2n) is 11.2. The molecule has 0 aliphatic carbocycles. The Morgan fingerprint density at radius 1 is 0.826 bits per heavy atom. The maximum atomic E-state index is 13.7. The van der Waals surface area contributed by atoms with E-state index in [1.54, 1.807) is 50.2 Å². The van der Waals surface area contributed by atoms with Crippen LogP contribution >= 0.6 is 0 Å². The van der Waals surface area contributed by atoms with Crippen molar-refractivity contribution in [3.63, 3.8) is 0 Å². The van der Waals surface area contributed by atoms with Gasteiger partial charge < -0.3 is 20.1 Å². The van der Waals surface area contributed by atoms with Crippen molar-refractivity contribution in [1.82, 2.24) is 10.6 Å². The number of ketones is 1. The third-order valence-electron chi connectivity index (χ3n) is 7.50. The summed E-state index contributed by atoms with van der Waals surface area (Å²) in [6.07, 6.45) is 0.613. The zero-order valence-electron chi connectivity index (χ0n) is 26.0. The molecule has 0 saturated carbocycles. The van der Waals surface area contributed by atoms with Crippen molar-refractivity contribution in [2.45, 2.75) is 57.0 Å². The Hall–Kier alpha value is -4.77. The molecule has 10 nitrogen and oxygen atoms in total. The zero-order chi connectivity index (χ0) is 33.3. The summed E-state index contributed by atoms with van der Waals surface area (Å²) in [5.74, 6) is -2.18. The van der Waals surface area contributed by atoms with Gasteiger partial charge in [0.25, 0.3) is 0 Å². The van der Waals surface area contributed by atoms with Gasteiger partial charge in [0.15, 0.2) is 5.78 Å². The molecule has 2 N–H and O–H groups in total. The summed E-state index contributed by atoms with van der Waals surface area (Å²) < 4.78 is 38.1. The van der Waals surface area contributed by atoms with Crippen LogP contribution in [0.1, 0.15) is 55.1 Å². The SMILES string of the molecule is CCCCOC(=O)[C@H](Cc1ccccc1)NC(=O)[C@@H](NC(=O)OCC1=C(c2ccccc2)C(=O)c2ccccc2S1(=O)=O)C(C)C. The largest absolute Gasteiger partial charge is 0.464 e. The first-order valence-electron chi connectivity index (χ1n) is 15.2. The average molecular weight is 647 g/mol. The topological polar surface area (TPSA) is 145 Å². The lowest BCUT2D eigenvalue weighted by atomic mass is 9.96. The first-order valence-corrected chi connectivity index (χ1v) is 16.6. The molecule has 0 saturated heterocycles. The highest BCUT2D eigenvalue weighted by Crippen LogP contribution is 2.37. The molecule has 2 atom stereocenters. The molecular weight excluding hydrogens is 608 g/mol. The molecule has 11 heteroatoms. The summed E-state index contributed by atoms with van der Waals surface area (Å²) in [4.78, 5) is 52.4. The van der Waals surface area contributed by atoms with Gasteiger partial charge in [0.2, 0.25) is 15.7 Å². The number of ether oxygens (including phenoxy) is 2. The van der Waals surface area contributed by atoms with Crippen molar-refractivity contribution in [2.75, 3.05) is 13.2 Å². The van der Waals surface area contributed by atoms with Crippen LogP contribution in [0, 0.1) is 5.92 Å². The highest BCUT2D eigenvalue weighted by molar-refractivity contribution is 7.95. The Balaban J connectivity index is 1.53. The van der Waals surface area contributed by atoms with Crippen molar-refractivity contribution >= 4 is 39.2 Å². The second-order valence-corrected chi connectivity index (χ2v) is 13.1. The highest BCUT2D eigenvalue weighted by Gasteiger charge is 2.38. The normalized spacial score (nSPS) is 15.0. The fourth-order valence-electron chi connectivity index (χ4n) is 5.02. The highest BCUT2D eigenvalue weighted by atomic mass is 32.2. The number of esters is 1. The lowest BCUT2D eigenvalue weighted by Crippen LogP contribution is -2.54. The monoisotopic (exact) mass is 646 g/mol. The van der Waals surface area contributed by atoms with Crippen molar-refractivity contribution in [3.8, 4) is 0 Å². The van der Waals surface area contributed by atoms with E-state index in [0.717, 1.165) is 12.0 Å². The van der Waals surface area contributed by atoms with Crippen LogP contribution in [-0.4, -0.2) is 57.5 Å². The lowest BCUT2D eigenvalue weighted by molar-refractivity contribution is -0.148. The Morgan fingerprint density at radius 3 is 2.11 bits per heavy atom. The Morgan fingerprint density at radius 2 is 1.46 bits per heavy atom. The lowest BCUT2D eigenvalue weighted by Gasteiger charge is -2.25. The number of unbranched alkanes of at least 4 members (excludes halogenated alkanes) is 1. The van der Waals surface area contributed by atoms with Gasteiger partial charge in [-0.05, 0) is 35.6 Å². The van der Waals surface area contributed by atoms with E-state index >= 15 is 0 Å². The zero-order valence-corrected chi connectivity index (χ0v) is 26.8. The predicted octanol–water partition coefficient (Wildman–Crippen LogP) is 4.89. The number of carbonyl (C=O) groups excluding carboxylic acids is 4. The van der Waals surface area contributed by atoms with Crippen LogP contribution in [0.15, 0.2) is 94.7 Å². The van der Waals surface area contributed by atoms with E-state index in [1.165, 1.54) is 18.2 Å². The first-order chi connectivity index (χ1) is 22.0. The van der Waals surface area contributed by atoms with E-state index in [-0.39, 0.29) is 34.0 Å². The molecule has 0 unspecified atom stereocenters. The number of fused-ring (bicyclic) bond motifs is 1. The molecule has 2 amide bonds. The average Bonchev–Trinajstić information content (AvgIpc) is 3.05. The summed E-state index contributed by atoms with van der Waals surface area (Å²) in [6, 6.07) is 21.2. The van der Waals surface area contributed by atoms with Gasteiger partial charge in [-0.1, -0.05) is 100.0 Å². The molecule has 0 bridgehead atoms. The molecule has 3 aromatic carbocycles. The van der Waals surface area contributed by atoms with Crippen LogP contribution in [0.5, 0.6) is 0 Å². The summed E-state index contributed by atoms with van der Waals surface area (Å²) in [6.45, 7) is 4.84. The minimum Gasteiger partial charge on any atom is -0.464 e. The maximum Gasteiger partial charge on any atom is 0.408 e. The number of sulfone groups is 1. The van der Waals surface area contributed by atoms with Crippen molar-refractivity contribution in [1.29, 1.82) is 0 Å². The Kier molecular flexibility index (Phi) is 11.5. The summed E-state index contributed by atoms with van der Waals surface area (Å²) in [5.41, 5.74) is 1.11. The molecule has 0 aromatic heterocycles. The summed E-state index contributed by atoms with van der Waals surface area (Å²) in [5, 5.41) is 5.21. The maximum absolute atomic E-state index is 13.7. The van der Waals surface area contributed by atoms with Crippen LogP contribution in [-0.2, 0) is 35.3 Å². The smallest absolute Gasteiger partial charge is 0.408 e. The molecule has 242 valence electrons. The molecule has 1 heterocycles. The number of carbonyl (C=O) groups is 4.